The summed E-state index contributed by atoms with van der Waals surface area (Å²) in [5, 5.41) is 5.11. The molecule has 1 amide bonds. The molecule has 31 heavy (non-hydrogen) atoms. The number of amides is 1. The number of aromatic nitrogens is 3. The van der Waals surface area contributed by atoms with E-state index in [1.807, 2.05) is 13.1 Å². The second-order valence-corrected chi connectivity index (χ2v) is 9.61. The van der Waals surface area contributed by atoms with Crippen molar-refractivity contribution >= 4 is 39.1 Å². The van der Waals surface area contributed by atoms with Crippen molar-refractivity contribution in [3.63, 3.8) is 0 Å². The molecule has 1 N–H and O–H groups in total. The summed E-state index contributed by atoms with van der Waals surface area (Å²) in [5.41, 5.74) is 1.07. The first-order chi connectivity index (χ1) is 14.9. The largest absolute Gasteiger partial charge is 0.472 e. The van der Waals surface area contributed by atoms with Crippen LogP contribution in [0, 0.1) is 12.8 Å². The smallest absolute Gasteiger partial charge is 0.246 e. The van der Waals surface area contributed by atoms with E-state index >= 15 is 0 Å². The van der Waals surface area contributed by atoms with Crippen molar-refractivity contribution in [2.45, 2.75) is 46.3 Å². The van der Waals surface area contributed by atoms with Gasteiger partial charge in [0.2, 0.25) is 11.8 Å². The summed E-state index contributed by atoms with van der Waals surface area (Å²) in [4.78, 5) is 24.2. The molecule has 0 radical (unpaired) electrons. The molecule has 3 aromatic rings. The molecule has 8 heteroatoms. The lowest BCUT2D eigenvalue weighted by atomic mass is 10.1. The Morgan fingerprint density at radius 1 is 1.48 bits per heavy atom. The number of hydrogen-bond acceptors (Lipinski definition) is 6. The molecule has 3 aromatic heterocycles. The number of pyridine rings is 1. The molecular weight excluding hydrogens is 410 g/mol. The fourth-order valence-electron chi connectivity index (χ4n) is 3.91. The van der Waals surface area contributed by atoms with Gasteiger partial charge in [-0.15, -0.1) is 11.3 Å². The van der Waals surface area contributed by atoms with Crippen molar-refractivity contribution in [1.82, 2.24) is 19.4 Å². The molecule has 1 saturated heterocycles. The van der Waals surface area contributed by atoms with Crippen LogP contribution in [-0.2, 0) is 11.3 Å². The average Bonchev–Trinajstić information content (AvgIpc) is 3.33. The maximum atomic E-state index is 12.1. The van der Waals surface area contributed by atoms with Crippen molar-refractivity contribution in [3.05, 3.63) is 42.1 Å². The fraction of sp³-hybridized carbons (Fsp3) is 0.435. The molecule has 0 aromatic carbocycles. The number of carbonyl (C=O) groups is 1. The summed E-state index contributed by atoms with van der Waals surface area (Å²) in [6.45, 7) is 12.2. The van der Waals surface area contributed by atoms with Gasteiger partial charge in [0.1, 0.15) is 11.9 Å². The number of anilines is 2. The second-order valence-electron chi connectivity index (χ2n) is 8.38. The van der Waals surface area contributed by atoms with E-state index in [9.17, 15) is 4.79 Å². The molecule has 1 fully saturated rings. The maximum absolute atomic E-state index is 12.1. The Kier molecular flexibility index (Phi) is 6.27. The highest BCUT2D eigenvalue weighted by molar-refractivity contribution is 7.15. The first-order valence-electron chi connectivity index (χ1n) is 10.7. The van der Waals surface area contributed by atoms with Gasteiger partial charge in [-0.2, -0.15) is 4.98 Å². The third-order valence-electron chi connectivity index (χ3n) is 5.29. The molecule has 0 aliphatic carbocycles. The number of thiazole rings is 1. The summed E-state index contributed by atoms with van der Waals surface area (Å²) in [6, 6.07) is 4.11. The van der Waals surface area contributed by atoms with Crippen LogP contribution in [0.3, 0.4) is 0 Å². The van der Waals surface area contributed by atoms with Crippen LogP contribution in [0.1, 0.15) is 31.6 Å². The third kappa shape index (κ3) is 4.90. The third-order valence-corrected chi connectivity index (χ3v) is 6.12. The zero-order valence-electron chi connectivity index (χ0n) is 18.3. The topological polar surface area (TPSA) is 72.3 Å². The number of fused-ring (bicyclic) bond motifs is 1. The van der Waals surface area contributed by atoms with Crippen LogP contribution in [0.5, 0.6) is 5.88 Å². The van der Waals surface area contributed by atoms with Crippen LogP contribution < -0.4 is 10.1 Å². The van der Waals surface area contributed by atoms with E-state index in [4.69, 9.17) is 9.72 Å². The monoisotopic (exact) mass is 439 g/mol. The molecule has 0 spiro atoms. The summed E-state index contributed by atoms with van der Waals surface area (Å²) < 4.78 is 8.62. The number of aryl methyl sites for hydroxylation is 1. The zero-order chi connectivity index (χ0) is 22.0. The van der Waals surface area contributed by atoms with Crippen LogP contribution in [-0.4, -0.2) is 44.5 Å². The van der Waals surface area contributed by atoms with Gasteiger partial charge in [0.15, 0.2) is 5.13 Å². The normalized spacial score (nSPS) is 16.6. The molecule has 164 valence electrons. The van der Waals surface area contributed by atoms with Gasteiger partial charge in [-0.25, -0.2) is 4.98 Å². The summed E-state index contributed by atoms with van der Waals surface area (Å²) in [6.07, 6.45) is 6.99. The number of likely N-dealkylation sites (tertiary alicyclic amines) is 1. The van der Waals surface area contributed by atoms with Crippen LogP contribution in [0.2, 0.25) is 0 Å². The van der Waals surface area contributed by atoms with E-state index in [-0.39, 0.29) is 12.0 Å². The van der Waals surface area contributed by atoms with Crippen molar-refractivity contribution in [3.8, 4) is 5.88 Å². The average molecular weight is 440 g/mol. The molecule has 4 heterocycles. The van der Waals surface area contributed by atoms with Gasteiger partial charge in [0.05, 0.1) is 17.4 Å². The molecule has 0 saturated carbocycles. The first-order valence-corrected chi connectivity index (χ1v) is 11.5. The number of rotatable bonds is 7. The first kappa shape index (κ1) is 21.4. The number of hydrogen-bond donors (Lipinski definition) is 1. The highest BCUT2D eigenvalue weighted by Gasteiger charge is 2.25. The van der Waals surface area contributed by atoms with E-state index < -0.39 is 0 Å². The predicted molar refractivity (Wildman–Crippen MR) is 125 cm³/mol. The van der Waals surface area contributed by atoms with Crippen molar-refractivity contribution < 1.29 is 9.53 Å². The van der Waals surface area contributed by atoms with E-state index in [1.54, 1.807) is 16.2 Å². The minimum Gasteiger partial charge on any atom is -0.472 e. The van der Waals surface area contributed by atoms with Crippen molar-refractivity contribution in [2.24, 2.45) is 5.92 Å². The number of nitrogens with zero attached hydrogens (tertiary/aromatic N) is 4. The lowest BCUT2D eigenvalue weighted by Gasteiger charge is -2.32. The van der Waals surface area contributed by atoms with Crippen molar-refractivity contribution in [1.29, 1.82) is 0 Å². The second kappa shape index (κ2) is 9.09. The number of carbonyl (C=O) groups excluding carboxylic acids is 1. The summed E-state index contributed by atoms with van der Waals surface area (Å²) in [7, 11) is 0. The van der Waals surface area contributed by atoms with Crippen LogP contribution >= 0.6 is 11.3 Å². The lowest BCUT2D eigenvalue weighted by molar-refractivity contribution is -0.128. The minimum atomic E-state index is -0.0980. The molecule has 0 bridgehead atoms. The maximum Gasteiger partial charge on any atom is 0.246 e. The van der Waals surface area contributed by atoms with Gasteiger partial charge >= 0.3 is 0 Å². The molecule has 4 rings (SSSR count). The molecular formula is C23H29N5O2S. The molecule has 1 atom stereocenters. The quantitative estimate of drug-likeness (QED) is 0.538. The Morgan fingerprint density at radius 3 is 3.03 bits per heavy atom. The van der Waals surface area contributed by atoms with E-state index in [0.29, 0.717) is 24.2 Å². The van der Waals surface area contributed by atoms with Gasteiger partial charge in [0.25, 0.3) is 0 Å². The highest BCUT2D eigenvalue weighted by atomic mass is 32.1. The Bertz CT molecular complexity index is 1090. The number of ether oxygens (including phenoxy) is 1. The van der Waals surface area contributed by atoms with Gasteiger partial charge in [0, 0.05) is 36.4 Å². The summed E-state index contributed by atoms with van der Waals surface area (Å²) in [5.74, 6) is 1.76. The van der Waals surface area contributed by atoms with Gasteiger partial charge in [-0.1, -0.05) is 20.4 Å². The number of nitrogens with one attached hydrogen (secondary N) is 1. The fourth-order valence-corrected chi connectivity index (χ4v) is 4.58. The Morgan fingerprint density at radius 2 is 2.32 bits per heavy atom. The molecule has 1 aliphatic heterocycles. The van der Waals surface area contributed by atoms with Crippen LogP contribution in [0.4, 0.5) is 10.9 Å². The SMILES string of the molecule is C=CC(=O)N1CCC[C@H](Oc2nc(Nc3ncc(C)s3)cc3c2ccn3CC(C)C)C1. The van der Waals surface area contributed by atoms with E-state index in [1.165, 1.54) is 6.08 Å². The van der Waals surface area contributed by atoms with Gasteiger partial charge in [-0.05, 0) is 37.8 Å². The van der Waals surface area contributed by atoms with Gasteiger partial charge < -0.3 is 19.5 Å². The minimum absolute atomic E-state index is 0.0518. The predicted octanol–water partition coefficient (Wildman–Crippen LogP) is 4.76. The van der Waals surface area contributed by atoms with Crippen LogP contribution in [0.25, 0.3) is 10.9 Å². The Balaban J connectivity index is 1.66. The standard InChI is InChI=1S/C23H29N5O2S/c1-5-21(29)28-9-6-7-17(14-28)30-22-18-8-10-27(13-15(2)3)19(18)11-20(25-22)26-23-24-12-16(4)31-23/h5,8,10-12,15,17H,1,6-7,9,13-14H2,2-4H3,(H,24,25,26)/t17-/m0/s1. The van der Waals surface area contributed by atoms with E-state index in [2.05, 4.69) is 53.6 Å². The molecule has 1 aliphatic rings. The van der Waals surface area contributed by atoms with Crippen LogP contribution in [0.15, 0.2) is 37.2 Å². The lowest BCUT2D eigenvalue weighted by Crippen LogP contribution is -2.43. The Hall–Kier alpha value is -2.87. The summed E-state index contributed by atoms with van der Waals surface area (Å²) >= 11 is 1.59. The highest BCUT2D eigenvalue weighted by Crippen LogP contribution is 2.32. The Labute approximate surface area is 186 Å². The van der Waals surface area contributed by atoms with E-state index in [0.717, 1.165) is 46.8 Å². The van der Waals surface area contributed by atoms with Gasteiger partial charge in [-0.3, -0.25) is 4.79 Å². The van der Waals surface area contributed by atoms with Crippen molar-refractivity contribution in [2.75, 3.05) is 18.4 Å². The number of piperidine rings is 1. The molecule has 0 unspecified atom stereocenters. The zero-order valence-corrected chi connectivity index (χ0v) is 19.1. The molecule has 7 nitrogen and oxygen atoms in total.